The first-order chi connectivity index (χ1) is 17.1. The van der Waals surface area contributed by atoms with E-state index in [-0.39, 0.29) is 28.6 Å². The molecule has 4 rings (SSSR count). The number of hydrogen-bond donors (Lipinski definition) is 1. The van der Waals surface area contributed by atoms with Gasteiger partial charge in [0.2, 0.25) is 0 Å². The molecule has 188 valence electrons. The van der Waals surface area contributed by atoms with E-state index < -0.39 is 23.7 Å². The Morgan fingerprint density at radius 1 is 1.17 bits per heavy atom. The highest BCUT2D eigenvalue weighted by Crippen LogP contribution is 2.36. The average Bonchev–Trinajstić information content (AvgIpc) is 3.24. The molecule has 0 saturated heterocycles. The Labute approximate surface area is 208 Å². The lowest BCUT2D eigenvalue weighted by atomic mass is 10.0. The van der Waals surface area contributed by atoms with Crippen LogP contribution in [0.3, 0.4) is 0 Å². The minimum Gasteiger partial charge on any atom is -0.420 e. The number of carbonyl (C=O) groups is 1. The third-order valence-electron chi connectivity index (χ3n) is 5.52. The SMILES string of the molecule is CC[C@H](C)n1c(C(F)F)nc2cc(C(=O)Nc3ccc(OC(F)(F)Cl)cc3)cc(-c3cncnc3)c21. The molecule has 0 saturated carbocycles. The molecule has 12 heteroatoms. The molecule has 4 aromatic rings. The van der Waals surface area contributed by atoms with Gasteiger partial charge in [0.1, 0.15) is 12.1 Å². The average molecular weight is 522 g/mol. The summed E-state index contributed by atoms with van der Waals surface area (Å²) in [5.41, 5.74) is -1.80. The lowest BCUT2D eigenvalue weighted by Crippen LogP contribution is -2.16. The number of hydrogen-bond acceptors (Lipinski definition) is 5. The highest BCUT2D eigenvalue weighted by molar-refractivity contribution is 6.20. The molecule has 7 nitrogen and oxygen atoms in total. The quantitative estimate of drug-likeness (QED) is 0.203. The molecule has 0 aliphatic rings. The molecule has 0 radical (unpaired) electrons. The van der Waals surface area contributed by atoms with Crippen LogP contribution in [0.4, 0.5) is 23.2 Å². The van der Waals surface area contributed by atoms with Gasteiger partial charge in [-0.2, -0.15) is 0 Å². The van der Waals surface area contributed by atoms with E-state index in [1.54, 1.807) is 6.07 Å². The maximum atomic E-state index is 13.9. The molecular formula is C24H20ClF4N5O2. The first-order valence-corrected chi connectivity index (χ1v) is 11.2. The van der Waals surface area contributed by atoms with Crippen LogP contribution in [0.25, 0.3) is 22.2 Å². The zero-order valence-electron chi connectivity index (χ0n) is 19.1. The van der Waals surface area contributed by atoms with Crippen molar-refractivity contribution in [2.75, 3.05) is 5.32 Å². The normalized spacial score (nSPS) is 12.7. The van der Waals surface area contributed by atoms with E-state index in [9.17, 15) is 22.4 Å². The Hall–Kier alpha value is -3.73. The molecule has 2 aromatic carbocycles. The number of nitrogens with one attached hydrogen (secondary N) is 1. The van der Waals surface area contributed by atoms with Gasteiger partial charge in [0.05, 0.1) is 11.0 Å². The molecule has 2 aromatic heterocycles. The van der Waals surface area contributed by atoms with Crippen LogP contribution in [0.15, 0.2) is 55.1 Å². The number of aromatic nitrogens is 4. The number of nitrogens with zero attached hydrogens (tertiary/aromatic N) is 4. The van der Waals surface area contributed by atoms with Gasteiger partial charge in [-0.15, -0.1) is 8.78 Å². The van der Waals surface area contributed by atoms with E-state index in [1.807, 2.05) is 13.8 Å². The topological polar surface area (TPSA) is 81.9 Å². The van der Waals surface area contributed by atoms with E-state index in [1.165, 1.54) is 53.6 Å². The van der Waals surface area contributed by atoms with Crippen LogP contribution in [0, 0.1) is 0 Å². The number of ether oxygens (including phenoxy) is 1. The molecule has 1 N–H and O–H groups in total. The van der Waals surface area contributed by atoms with Crippen molar-refractivity contribution in [2.45, 2.75) is 38.3 Å². The first-order valence-electron chi connectivity index (χ1n) is 10.8. The molecule has 0 bridgehead atoms. The zero-order valence-corrected chi connectivity index (χ0v) is 19.8. The largest absolute Gasteiger partial charge is 0.487 e. The first kappa shape index (κ1) is 25.4. The summed E-state index contributed by atoms with van der Waals surface area (Å²) in [6, 6.07) is 7.82. The van der Waals surface area contributed by atoms with Gasteiger partial charge in [-0.05, 0) is 49.7 Å². The highest BCUT2D eigenvalue weighted by Gasteiger charge is 2.28. The van der Waals surface area contributed by atoms with Crippen molar-refractivity contribution in [2.24, 2.45) is 0 Å². The number of fused-ring (bicyclic) bond motifs is 1. The molecule has 0 spiro atoms. The van der Waals surface area contributed by atoms with Crippen molar-refractivity contribution in [3.8, 4) is 16.9 Å². The van der Waals surface area contributed by atoms with Gasteiger partial charge in [0, 0.05) is 52.4 Å². The fourth-order valence-electron chi connectivity index (χ4n) is 3.76. The number of anilines is 1. The predicted molar refractivity (Wildman–Crippen MR) is 127 cm³/mol. The Balaban J connectivity index is 1.78. The standard InChI is InChI=1S/C24H20ClF4N5O2/c1-3-13(2)34-20-18(15-10-30-12-31-11-15)8-14(9-19(20)33-22(34)21(26)27)23(35)32-16-4-6-17(7-5-16)36-24(25,28)29/h4-13,21H,3H2,1-2H3,(H,32,35)/t13-/m0/s1. The summed E-state index contributed by atoms with van der Waals surface area (Å²) in [5.74, 6) is -1.17. The number of imidazole rings is 1. The van der Waals surface area contributed by atoms with E-state index in [0.717, 1.165) is 0 Å². The molecule has 0 unspecified atom stereocenters. The van der Waals surface area contributed by atoms with Crippen LogP contribution in [0.2, 0.25) is 0 Å². The minimum atomic E-state index is -3.87. The summed E-state index contributed by atoms with van der Waals surface area (Å²) in [6.45, 7) is 3.69. The second-order valence-electron chi connectivity index (χ2n) is 7.94. The maximum absolute atomic E-state index is 13.9. The number of benzene rings is 2. The molecule has 1 amide bonds. The number of carbonyl (C=O) groups excluding carboxylic acids is 1. The Morgan fingerprint density at radius 3 is 2.42 bits per heavy atom. The van der Waals surface area contributed by atoms with E-state index >= 15 is 0 Å². The van der Waals surface area contributed by atoms with Crippen molar-refractivity contribution in [3.63, 3.8) is 0 Å². The van der Waals surface area contributed by atoms with Crippen LogP contribution in [0.1, 0.15) is 48.9 Å². The fraction of sp³-hybridized carbons (Fsp3) is 0.250. The van der Waals surface area contributed by atoms with Crippen molar-refractivity contribution in [1.29, 1.82) is 0 Å². The van der Waals surface area contributed by atoms with Crippen molar-refractivity contribution >= 4 is 34.2 Å². The molecule has 0 aliphatic carbocycles. The highest BCUT2D eigenvalue weighted by atomic mass is 35.5. The van der Waals surface area contributed by atoms with Crippen LogP contribution < -0.4 is 10.1 Å². The summed E-state index contributed by atoms with van der Waals surface area (Å²) >= 11 is 4.76. The van der Waals surface area contributed by atoms with Gasteiger partial charge in [0.25, 0.3) is 12.3 Å². The minimum absolute atomic E-state index is 0.142. The Bertz CT molecular complexity index is 1380. The van der Waals surface area contributed by atoms with Crippen LogP contribution in [-0.2, 0) is 0 Å². The van der Waals surface area contributed by atoms with Crippen LogP contribution >= 0.6 is 11.6 Å². The Morgan fingerprint density at radius 2 is 1.83 bits per heavy atom. The van der Waals surface area contributed by atoms with Gasteiger partial charge in [-0.25, -0.2) is 23.7 Å². The van der Waals surface area contributed by atoms with Crippen molar-refractivity contribution in [3.05, 3.63) is 66.5 Å². The Kier molecular flexibility index (Phi) is 7.11. The van der Waals surface area contributed by atoms with Gasteiger partial charge < -0.3 is 14.6 Å². The predicted octanol–water partition coefficient (Wildman–Crippen LogP) is 6.82. The molecule has 0 aliphatic heterocycles. The smallest absolute Gasteiger partial charge is 0.420 e. The van der Waals surface area contributed by atoms with E-state index in [2.05, 4.69) is 25.0 Å². The van der Waals surface area contributed by atoms with E-state index in [4.69, 9.17) is 11.6 Å². The third-order valence-corrected chi connectivity index (χ3v) is 5.60. The molecule has 0 fully saturated rings. The summed E-state index contributed by atoms with van der Waals surface area (Å²) < 4.78 is 59.2. The summed E-state index contributed by atoms with van der Waals surface area (Å²) in [5, 5.41) is 2.64. The number of halogens is 5. The molecule has 36 heavy (non-hydrogen) atoms. The van der Waals surface area contributed by atoms with Crippen molar-refractivity contribution < 1.29 is 27.1 Å². The fourth-order valence-corrected chi connectivity index (χ4v) is 3.85. The molecule has 1 atom stereocenters. The second kappa shape index (κ2) is 10.1. The van der Waals surface area contributed by atoms with Crippen LogP contribution in [0.5, 0.6) is 5.75 Å². The van der Waals surface area contributed by atoms with E-state index in [0.29, 0.717) is 23.1 Å². The number of alkyl halides is 5. The van der Waals surface area contributed by atoms with Gasteiger partial charge in [-0.1, -0.05) is 6.92 Å². The summed E-state index contributed by atoms with van der Waals surface area (Å²) in [4.78, 5) is 25.3. The van der Waals surface area contributed by atoms with Gasteiger partial charge in [-0.3, -0.25) is 4.79 Å². The summed E-state index contributed by atoms with van der Waals surface area (Å²) in [7, 11) is 0. The third kappa shape index (κ3) is 5.40. The second-order valence-corrected chi connectivity index (χ2v) is 8.38. The van der Waals surface area contributed by atoms with Gasteiger partial charge >= 0.3 is 5.57 Å². The lowest BCUT2D eigenvalue weighted by Gasteiger charge is -2.18. The van der Waals surface area contributed by atoms with Crippen molar-refractivity contribution in [1.82, 2.24) is 19.5 Å². The molecule has 2 heterocycles. The summed E-state index contributed by atoms with van der Waals surface area (Å²) in [6.07, 6.45) is 2.12. The monoisotopic (exact) mass is 521 g/mol. The van der Waals surface area contributed by atoms with Gasteiger partial charge in [0.15, 0.2) is 5.82 Å². The number of amides is 1. The molecular weight excluding hydrogens is 502 g/mol. The number of rotatable bonds is 8. The maximum Gasteiger partial charge on any atom is 0.487 e. The van der Waals surface area contributed by atoms with Crippen LogP contribution in [-0.4, -0.2) is 31.0 Å². The zero-order chi connectivity index (χ0) is 26.0. The lowest BCUT2D eigenvalue weighted by molar-refractivity contribution is -0.0964.